The van der Waals surface area contributed by atoms with Crippen LogP contribution in [0.25, 0.3) is 16.6 Å². The Labute approximate surface area is 235 Å². The van der Waals surface area contributed by atoms with E-state index in [-0.39, 0.29) is 16.2 Å². The molecule has 0 fully saturated rings. The van der Waals surface area contributed by atoms with E-state index in [0.717, 1.165) is 0 Å². The lowest BCUT2D eigenvalue weighted by atomic mass is 10.2. The van der Waals surface area contributed by atoms with Crippen molar-refractivity contribution in [2.24, 2.45) is 0 Å². The van der Waals surface area contributed by atoms with Crippen molar-refractivity contribution < 1.29 is 14.3 Å². The van der Waals surface area contributed by atoms with Gasteiger partial charge in [0.2, 0.25) is 0 Å². The van der Waals surface area contributed by atoms with Crippen molar-refractivity contribution in [3.8, 4) is 5.69 Å². The van der Waals surface area contributed by atoms with E-state index >= 15 is 0 Å². The van der Waals surface area contributed by atoms with Gasteiger partial charge in [-0.1, -0.05) is 47.5 Å². The highest BCUT2D eigenvalue weighted by molar-refractivity contribution is 6.35. The highest BCUT2D eigenvalue weighted by Crippen LogP contribution is 2.25. The maximum atomic E-state index is 13.8. The van der Waals surface area contributed by atoms with E-state index in [1.165, 1.54) is 4.57 Å². The zero-order chi connectivity index (χ0) is 28.3. The summed E-state index contributed by atoms with van der Waals surface area (Å²) in [5, 5.41) is 9.03. The van der Waals surface area contributed by atoms with E-state index in [0.29, 0.717) is 27.6 Å². The number of urea groups is 1. The highest BCUT2D eigenvalue weighted by atomic mass is 35.5. The van der Waals surface area contributed by atoms with E-state index in [1.54, 1.807) is 94.4 Å². The molecule has 4 rings (SSSR count). The van der Waals surface area contributed by atoms with Gasteiger partial charge in [-0.05, 0) is 70.2 Å². The Morgan fingerprint density at radius 3 is 2.36 bits per heavy atom. The molecule has 0 aliphatic carbocycles. The first-order chi connectivity index (χ1) is 18.4. The molecule has 202 valence electrons. The number of anilines is 2. The first-order valence-corrected chi connectivity index (χ1v) is 12.8. The molecule has 3 amide bonds. The third kappa shape index (κ3) is 6.68. The number of rotatable bonds is 5. The molecule has 0 saturated carbocycles. The largest absolute Gasteiger partial charge is 0.444 e. The molecule has 0 aliphatic rings. The number of hydrogen-bond acceptors (Lipinski definition) is 5. The Hall–Kier alpha value is -4.08. The van der Waals surface area contributed by atoms with Crippen LogP contribution >= 0.6 is 23.2 Å². The van der Waals surface area contributed by atoms with Gasteiger partial charge in [0.15, 0.2) is 0 Å². The second-order valence-electron chi connectivity index (χ2n) is 9.72. The zero-order valence-electron chi connectivity index (χ0n) is 21.7. The van der Waals surface area contributed by atoms with Crippen LogP contribution in [0.15, 0.2) is 71.5 Å². The number of amides is 3. The molecular weight excluding hydrogens is 541 g/mol. The molecule has 9 nitrogen and oxygen atoms in total. The molecule has 1 aromatic heterocycles. The molecule has 0 saturated heterocycles. The summed E-state index contributed by atoms with van der Waals surface area (Å²) in [5.41, 5.74) is 0.487. The van der Waals surface area contributed by atoms with Gasteiger partial charge in [0.25, 0.3) is 5.56 Å². The number of carbonyl (C=O) groups excluding carboxylic acids is 2. The SMILES string of the molecule is C[C@H](NC(=O)OC(C)(C)C)c1nc2cccc(Cl)c2c(=O)n1-c1cccc(NC(=O)Nc2ccccc2Cl)c1. The third-order valence-corrected chi connectivity index (χ3v) is 6.12. The molecule has 4 aromatic rings. The number of nitrogens with one attached hydrogen (secondary N) is 3. The quantitative estimate of drug-likeness (QED) is 0.242. The smallest absolute Gasteiger partial charge is 0.408 e. The number of halogens is 2. The Morgan fingerprint density at radius 2 is 1.64 bits per heavy atom. The van der Waals surface area contributed by atoms with Gasteiger partial charge in [0.1, 0.15) is 11.4 Å². The average Bonchev–Trinajstić information content (AvgIpc) is 2.84. The molecular formula is C28H27Cl2N5O4. The average molecular weight is 568 g/mol. The van der Waals surface area contributed by atoms with Crippen LogP contribution in [0, 0.1) is 0 Å². The van der Waals surface area contributed by atoms with Crippen LogP contribution in [-0.2, 0) is 4.74 Å². The Balaban J connectivity index is 1.73. The van der Waals surface area contributed by atoms with Crippen LogP contribution in [-0.4, -0.2) is 27.3 Å². The Morgan fingerprint density at radius 1 is 0.949 bits per heavy atom. The van der Waals surface area contributed by atoms with E-state index in [9.17, 15) is 14.4 Å². The maximum absolute atomic E-state index is 13.8. The van der Waals surface area contributed by atoms with Gasteiger partial charge in [-0.15, -0.1) is 0 Å². The van der Waals surface area contributed by atoms with Crippen LogP contribution in [0.5, 0.6) is 0 Å². The summed E-state index contributed by atoms with van der Waals surface area (Å²) in [6.45, 7) is 6.95. The summed E-state index contributed by atoms with van der Waals surface area (Å²) < 4.78 is 6.74. The normalized spacial score (nSPS) is 12.1. The minimum absolute atomic E-state index is 0.224. The van der Waals surface area contributed by atoms with Gasteiger partial charge in [-0.25, -0.2) is 14.6 Å². The van der Waals surface area contributed by atoms with Gasteiger partial charge < -0.3 is 20.7 Å². The molecule has 0 radical (unpaired) electrons. The number of fused-ring (bicyclic) bond motifs is 1. The lowest BCUT2D eigenvalue weighted by Gasteiger charge is -2.23. The molecule has 1 atom stereocenters. The topological polar surface area (TPSA) is 114 Å². The van der Waals surface area contributed by atoms with Gasteiger partial charge >= 0.3 is 12.1 Å². The monoisotopic (exact) mass is 567 g/mol. The molecule has 39 heavy (non-hydrogen) atoms. The molecule has 0 aliphatic heterocycles. The highest BCUT2D eigenvalue weighted by Gasteiger charge is 2.23. The fourth-order valence-electron chi connectivity index (χ4n) is 3.87. The molecule has 1 heterocycles. The lowest BCUT2D eigenvalue weighted by molar-refractivity contribution is 0.0505. The molecule has 3 N–H and O–H groups in total. The zero-order valence-corrected chi connectivity index (χ0v) is 23.2. The second kappa shape index (κ2) is 11.3. The van der Waals surface area contributed by atoms with Crippen molar-refractivity contribution in [1.29, 1.82) is 0 Å². The van der Waals surface area contributed by atoms with E-state index in [2.05, 4.69) is 20.9 Å². The fraction of sp³-hybridized carbons (Fsp3) is 0.214. The number of para-hydroxylation sites is 1. The molecule has 0 unspecified atom stereocenters. The molecule has 0 bridgehead atoms. The predicted molar refractivity (Wildman–Crippen MR) is 154 cm³/mol. The number of benzene rings is 3. The minimum Gasteiger partial charge on any atom is -0.444 e. The van der Waals surface area contributed by atoms with Crippen LogP contribution in [0.1, 0.15) is 39.6 Å². The summed E-state index contributed by atoms with van der Waals surface area (Å²) in [4.78, 5) is 43.6. The van der Waals surface area contributed by atoms with Crippen molar-refractivity contribution >= 4 is 57.6 Å². The van der Waals surface area contributed by atoms with Crippen molar-refractivity contribution in [3.05, 3.63) is 93.0 Å². The van der Waals surface area contributed by atoms with Crippen LogP contribution in [0.3, 0.4) is 0 Å². The number of ether oxygens (including phenoxy) is 1. The number of carbonyl (C=O) groups is 2. The summed E-state index contributed by atoms with van der Waals surface area (Å²) in [6.07, 6.45) is -0.659. The molecule has 0 spiro atoms. The van der Waals surface area contributed by atoms with Crippen LogP contribution < -0.4 is 21.5 Å². The predicted octanol–water partition coefficient (Wildman–Crippen LogP) is 6.92. The summed E-state index contributed by atoms with van der Waals surface area (Å²) in [5.74, 6) is 0.248. The van der Waals surface area contributed by atoms with E-state index in [1.807, 2.05) is 0 Å². The van der Waals surface area contributed by atoms with E-state index in [4.69, 9.17) is 27.9 Å². The summed E-state index contributed by atoms with van der Waals surface area (Å²) >= 11 is 12.5. The van der Waals surface area contributed by atoms with Crippen molar-refractivity contribution in [2.75, 3.05) is 10.6 Å². The van der Waals surface area contributed by atoms with Crippen LogP contribution in [0.4, 0.5) is 21.0 Å². The van der Waals surface area contributed by atoms with Gasteiger partial charge in [0.05, 0.1) is 38.4 Å². The summed E-state index contributed by atoms with van der Waals surface area (Å²) in [7, 11) is 0. The number of aromatic nitrogens is 2. The van der Waals surface area contributed by atoms with E-state index < -0.39 is 29.3 Å². The second-order valence-corrected chi connectivity index (χ2v) is 10.5. The third-order valence-electron chi connectivity index (χ3n) is 5.48. The Kier molecular flexibility index (Phi) is 8.13. The first-order valence-electron chi connectivity index (χ1n) is 12.1. The van der Waals surface area contributed by atoms with Crippen molar-refractivity contribution in [2.45, 2.75) is 39.3 Å². The summed E-state index contributed by atoms with van der Waals surface area (Å²) in [6, 6.07) is 17.2. The maximum Gasteiger partial charge on any atom is 0.408 e. The standard InChI is InChI=1S/C28H27Cl2N5O4/c1-16(31-27(38)39-28(2,3)4)24-33-22-14-8-12-20(30)23(22)25(36)35(24)18-10-7-9-17(15-18)32-26(37)34-21-13-6-5-11-19(21)29/h5-16H,1-4H3,(H,31,38)(H2,32,34,37)/t16-/m0/s1. The molecule has 3 aromatic carbocycles. The van der Waals surface area contributed by atoms with Crippen molar-refractivity contribution in [3.63, 3.8) is 0 Å². The van der Waals surface area contributed by atoms with Gasteiger partial charge in [-0.2, -0.15) is 0 Å². The number of hydrogen-bond donors (Lipinski definition) is 3. The Bertz CT molecular complexity index is 1610. The molecule has 11 heteroatoms. The number of nitrogens with zero attached hydrogens (tertiary/aromatic N) is 2. The van der Waals surface area contributed by atoms with Gasteiger partial charge in [0, 0.05) is 5.69 Å². The van der Waals surface area contributed by atoms with Crippen LogP contribution in [0.2, 0.25) is 10.0 Å². The van der Waals surface area contributed by atoms with Crippen molar-refractivity contribution in [1.82, 2.24) is 14.9 Å². The first kappa shape index (κ1) is 27.9. The number of alkyl carbamates (subject to hydrolysis) is 1. The fourth-order valence-corrected chi connectivity index (χ4v) is 4.30. The lowest BCUT2D eigenvalue weighted by Crippen LogP contribution is -2.37. The minimum atomic E-state index is -0.726. The van der Waals surface area contributed by atoms with Gasteiger partial charge in [-0.3, -0.25) is 9.36 Å².